The van der Waals surface area contributed by atoms with E-state index in [0.29, 0.717) is 0 Å². The summed E-state index contributed by atoms with van der Waals surface area (Å²) in [5.41, 5.74) is 0.0880. The van der Waals surface area contributed by atoms with E-state index in [1.165, 1.54) is 16.7 Å². The highest BCUT2D eigenvalue weighted by Gasteiger charge is 2.60. The normalized spacial score (nSPS) is 31.8. The Balaban J connectivity index is 1.68. The van der Waals surface area contributed by atoms with Crippen LogP contribution in [0.5, 0.6) is 0 Å². The maximum Gasteiger partial charge on any atom is 0.353 e. The fourth-order valence-electron chi connectivity index (χ4n) is 4.32. The largest absolute Gasteiger partial charge is 0.477 e. The molecule has 0 saturated carbocycles. The predicted octanol–water partition coefficient (Wildman–Crippen LogP) is 0.0393. The number of fused-ring (bicyclic) bond motifs is 2. The van der Waals surface area contributed by atoms with Crippen molar-refractivity contribution < 1.29 is 24.4 Å². The molecule has 1 aromatic rings. The quantitative estimate of drug-likeness (QED) is 0.577. The summed E-state index contributed by atoms with van der Waals surface area (Å²) in [7, 11) is 1.93. The molecule has 3 aliphatic rings. The molecule has 134 valence electrons. The van der Waals surface area contributed by atoms with E-state index in [2.05, 4.69) is 5.10 Å². The van der Waals surface area contributed by atoms with Crippen molar-refractivity contribution in [1.29, 1.82) is 0 Å². The van der Waals surface area contributed by atoms with Gasteiger partial charge >= 0.3 is 5.97 Å². The second-order valence-electron chi connectivity index (χ2n) is 6.99. The first kappa shape index (κ1) is 16.6. The zero-order chi connectivity index (χ0) is 18.0. The smallest absolute Gasteiger partial charge is 0.353 e. The van der Waals surface area contributed by atoms with Gasteiger partial charge in [0.15, 0.2) is 0 Å². The van der Waals surface area contributed by atoms with Gasteiger partial charge in [0.25, 0.3) is 6.33 Å². The fourth-order valence-corrected chi connectivity index (χ4v) is 5.89. The van der Waals surface area contributed by atoms with Crippen LogP contribution in [-0.4, -0.2) is 48.9 Å². The van der Waals surface area contributed by atoms with Crippen LogP contribution in [0.25, 0.3) is 0 Å². The summed E-state index contributed by atoms with van der Waals surface area (Å²) in [6.07, 6.45) is 1.86. The lowest BCUT2D eigenvalue weighted by molar-refractivity contribution is -0.679. The second kappa shape index (κ2) is 5.57. The molecule has 4 heterocycles. The van der Waals surface area contributed by atoms with Gasteiger partial charge in [0.2, 0.25) is 11.7 Å². The zero-order valence-electron chi connectivity index (χ0n) is 14.3. The molecule has 1 saturated heterocycles. The highest BCUT2D eigenvalue weighted by molar-refractivity contribution is 8.03. The Labute approximate surface area is 149 Å². The fraction of sp³-hybridized carbons (Fsp3) is 0.625. The Bertz CT molecular complexity index is 802. The standard InChI is InChI=1S/C16H20N4O4S/c1-7-11-10(8(2)21)15(22)20(11)12(16(23)24)13(7)25-9-4-5-19-14(9)18(3)6-17-19/h6-11,21H,4-5H2,1-3H3/p+1/t7-,8-,9+,10-,11-/m1/s1. The lowest BCUT2D eigenvalue weighted by Gasteiger charge is -2.46. The number of carboxylic acid groups (broad SMARTS) is 1. The molecule has 1 amide bonds. The molecule has 0 bridgehead atoms. The van der Waals surface area contributed by atoms with Gasteiger partial charge in [-0.1, -0.05) is 6.92 Å². The van der Waals surface area contributed by atoms with Gasteiger partial charge < -0.3 is 15.1 Å². The maximum atomic E-state index is 12.4. The number of thioether (sulfide) groups is 1. The van der Waals surface area contributed by atoms with Crippen LogP contribution in [0.4, 0.5) is 0 Å². The molecule has 0 aliphatic carbocycles. The minimum Gasteiger partial charge on any atom is -0.477 e. The van der Waals surface area contributed by atoms with E-state index in [-0.39, 0.29) is 28.8 Å². The molecule has 0 aromatic carbocycles. The van der Waals surface area contributed by atoms with Crippen LogP contribution in [0.3, 0.4) is 0 Å². The van der Waals surface area contributed by atoms with Gasteiger partial charge in [-0.2, -0.15) is 0 Å². The molecule has 2 N–H and O–H groups in total. The van der Waals surface area contributed by atoms with E-state index in [9.17, 15) is 19.8 Å². The van der Waals surface area contributed by atoms with Crippen molar-refractivity contribution in [1.82, 2.24) is 14.7 Å². The minimum atomic E-state index is -1.08. The number of aromatic nitrogens is 3. The van der Waals surface area contributed by atoms with Crippen LogP contribution in [0.15, 0.2) is 16.9 Å². The lowest BCUT2D eigenvalue weighted by atomic mass is 9.79. The maximum absolute atomic E-state index is 12.4. The number of rotatable bonds is 4. The van der Waals surface area contributed by atoms with Crippen molar-refractivity contribution in [3.05, 3.63) is 22.8 Å². The molecule has 25 heavy (non-hydrogen) atoms. The summed E-state index contributed by atoms with van der Waals surface area (Å²) in [6, 6.07) is -0.263. The molecule has 1 aromatic heterocycles. The Morgan fingerprint density at radius 2 is 2.24 bits per heavy atom. The van der Waals surface area contributed by atoms with E-state index in [1.807, 2.05) is 23.2 Å². The number of carbonyl (C=O) groups excluding carboxylic acids is 1. The van der Waals surface area contributed by atoms with Crippen LogP contribution < -0.4 is 4.57 Å². The average Bonchev–Trinajstić information content (AvgIpc) is 3.16. The first-order valence-electron chi connectivity index (χ1n) is 8.39. The van der Waals surface area contributed by atoms with Crippen LogP contribution >= 0.6 is 11.8 Å². The Hall–Kier alpha value is -1.87. The number of β-lactam (4-membered cyclic amide) rings is 1. The van der Waals surface area contributed by atoms with Crippen molar-refractivity contribution in [3.63, 3.8) is 0 Å². The van der Waals surface area contributed by atoms with Crippen LogP contribution in [0.1, 0.15) is 31.3 Å². The van der Waals surface area contributed by atoms with Gasteiger partial charge in [-0.05, 0) is 6.92 Å². The molecule has 1 fully saturated rings. The van der Waals surface area contributed by atoms with Crippen molar-refractivity contribution in [3.8, 4) is 0 Å². The van der Waals surface area contributed by atoms with Gasteiger partial charge in [0.1, 0.15) is 17.5 Å². The molecule has 0 spiro atoms. The topological polar surface area (TPSA) is 99.5 Å². The Kier molecular flexibility index (Phi) is 3.69. The number of nitrogens with zero attached hydrogens (tertiary/aromatic N) is 4. The number of hydrogen-bond acceptors (Lipinski definition) is 5. The number of carbonyl (C=O) groups is 2. The van der Waals surface area contributed by atoms with Crippen molar-refractivity contribution in [2.45, 2.75) is 44.2 Å². The first-order chi connectivity index (χ1) is 11.8. The van der Waals surface area contributed by atoms with Crippen LogP contribution in [-0.2, 0) is 23.2 Å². The highest BCUT2D eigenvalue weighted by atomic mass is 32.2. The second-order valence-corrected chi connectivity index (χ2v) is 8.23. The summed E-state index contributed by atoms with van der Waals surface area (Å²) >= 11 is 1.53. The SMILES string of the molecule is C[C@@H](O)[C@H]1C(=O)N2C(C(=O)O)=C(S[C@H]3CCn4nc[n+](C)c43)[C@H](C)[C@H]12. The Morgan fingerprint density at radius 1 is 1.52 bits per heavy atom. The number of aliphatic carboxylic acids is 1. The van der Waals surface area contributed by atoms with Gasteiger partial charge in [-0.25, -0.2) is 9.36 Å². The number of hydrogen-bond donors (Lipinski definition) is 2. The molecule has 9 heteroatoms. The molecule has 8 nitrogen and oxygen atoms in total. The molecule has 5 atom stereocenters. The number of aryl methyl sites for hydroxylation is 2. The van der Waals surface area contributed by atoms with Crippen LogP contribution in [0, 0.1) is 11.8 Å². The summed E-state index contributed by atoms with van der Waals surface area (Å²) in [6.45, 7) is 4.35. The van der Waals surface area contributed by atoms with Gasteiger partial charge in [0.05, 0.1) is 25.1 Å². The third kappa shape index (κ3) is 2.18. The number of aliphatic hydroxyl groups is 1. The van der Waals surface area contributed by atoms with Crippen molar-refractivity contribution in [2.24, 2.45) is 18.9 Å². The molecular weight excluding hydrogens is 344 g/mol. The summed E-state index contributed by atoms with van der Waals surface area (Å²) in [5, 5.41) is 24.0. The van der Waals surface area contributed by atoms with E-state index < -0.39 is 18.0 Å². The van der Waals surface area contributed by atoms with E-state index in [1.54, 1.807) is 13.3 Å². The highest BCUT2D eigenvalue weighted by Crippen LogP contribution is 2.54. The Morgan fingerprint density at radius 3 is 2.88 bits per heavy atom. The number of aliphatic hydroxyl groups excluding tert-OH is 1. The van der Waals surface area contributed by atoms with Crippen molar-refractivity contribution in [2.75, 3.05) is 0 Å². The third-order valence-corrected chi connectivity index (χ3v) is 7.01. The third-order valence-electron chi connectivity index (χ3n) is 5.46. The first-order valence-corrected chi connectivity index (χ1v) is 9.27. The molecule has 3 aliphatic heterocycles. The summed E-state index contributed by atoms with van der Waals surface area (Å²) in [5.74, 6) is -0.933. The van der Waals surface area contributed by atoms with E-state index in [0.717, 1.165) is 23.7 Å². The van der Waals surface area contributed by atoms with Gasteiger partial charge in [-0.15, -0.1) is 16.4 Å². The zero-order valence-corrected chi connectivity index (χ0v) is 15.1. The number of amides is 1. The summed E-state index contributed by atoms with van der Waals surface area (Å²) in [4.78, 5) is 26.3. The minimum absolute atomic E-state index is 0.0880. The monoisotopic (exact) mass is 365 g/mol. The predicted molar refractivity (Wildman–Crippen MR) is 88.0 cm³/mol. The van der Waals surface area contributed by atoms with Gasteiger partial charge in [0, 0.05) is 22.3 Å². The van der Waals surface area contributed by atoms with Gasteiger partial charge in [-0.3, -0.25) is 4.79 Å². The summed E-state index contributed by atoms with van der Waals surface area (Å²) < 4.78 is 3.90. The molecule has 0 radical (unpaired) electrons. The molecule has 4 rings (SSSR count). The molecular formula is C16H21N4O4S+. The number of carboxylic acids is 1. The van der Waals surface area contributed by atoms with Crippen LogP contribution in [0.2, 0.25) is 0 Å². The van der Waals surface area contributed by atoms with Crippen molar-refractivity contribution >= 4 is 23.6 Å². The average molecular weight is 365 g/mol. The molecule has 0 unspecified atom stereocenters. The van der Waals surface area contributed by atoms with E-state index >= 15 is 0 Å². The van der Waals surface area contributed by atoms with E-state index in [4.69, 9.17) is 0 Å². The lowest BCUT2D eigenvalue weighted by Crippen LogP contribution is -2.63.